The molecule has 0 fully saturated rings. The maximum Gasteiger partial charge on any atom is 0.250 e. The molecule has 0 spiro atoms. The van der Waals surface area contributed by atoms with E-state index in [9.17, 15) is 5.11 Å². The smallest absolute Gasteiger partial charge is 0.250 e. The molecule has 8 nitrogen and oxygen atoms in total. The second-order valence-corrected chi connectivity index (χ2v) is 7.11. The topological polar surface area (TPSA) is 98.6 Å². The number of hydrazone groups is 1. The quantitative estimate of drug-likeness (QED) is 0.313. The Labute approximate surface area is 180 Å². The van der Waals surface area contributed by atoms with Crippen molar-refractivity contribution in [1.82, 2.24) is 15.0 Å². The van der Waals surface area contributed by atoms with Crippen molar-refractivity contribution in [3.05, 3.63) is 77.9 Å². The van der Waals surface area contributed by atoms with Gasteiger partial charge in [0.25, 0.3) is 0 Å². The summed E-state index contributed by atoms with van der Waals surface area (Å²) in [5.74, 6) is 1.38. The van der Waals surface area contributed by atoms with Gasteiger partial charge in [0, 0.05) is 26.2 Å². The first kappa shape index (κ1) is 20.1. The molecule has 31 heavy (non-hydrogen) atoms. The Morgan fingerprint density at radius 1 is 0.903 bits per heavy atom. The van der Waals surface area contributed by atoms with E-state index in [2.05, 4.69) is 30.8 Å². The minimum atomic E-state index is 0.152. The second-order valence-electron chi connectivity index (χ2n) is 7.11. The van der Waals surface area contributed by atoms with Crippen LogP contribution in [-0.2, 0) is 6.54 Å². The Morgan fingerprint density at radius 3 is 2.45 bits per heavy atom. The van der Waals surface area contributed by atoms with E-state index in [1.807, 2.05) is 74.8 Å². The minimum Gasteiger partial charge on any atom is -0.507 e. The van der Waals surface area contributed by atoms with Crippen LogP contribution in [0.5, 0.6) is 5.75 Å². The Kier molecular flexibility index (Phi) is 5.89. The highest BCUT2D eigenvalue weighted by molar-refractivity contribution is 6.02. The van der Waals surface area contributed by atoms with E-state index < -0.39 is 0 Å². The van der Waals surface area contributed by atoms with Crippen LogP contribution in [0.1, 0.15) is 11.1 Å². The van der Waals surface area contributed by atoms with Gasteiger partial charge in [-0.1, -0.05) is 60.7 Å². The maximum atomic E-state index is 10.3. The molecule has 0 aliphatic heterocycles. The number of hydrogen-bond acceptors (Lipinski definition) is 8. The zero-order chi connectivity index (χ0) is 21.6. The molecule has 0 saturated carbocycles. The Morgan fingerprint density at radius 2 is 1.65 bits per heavy atom. The summed E-state index contributed by atoms with van der Waals surface area (Å²) in [6.45, 7) is 0.588. The summed E-state index contributed by atoms with van der Waals surface area (Å²) < 4.78 is 0. The lowest BCUT2D eigenvalue weighted by Gasteiger charge is -2.13. The Bertz CT molecular complexity index is 1210. The van der Waals surface area contributed by atoms with Gasteiger partial charge in [0.2, 0.25) is 17.8 Å². The molecular formula is C23H23N7O. The molecule has 3 N–H and O–H groups in total. The molecule has 0 aliphatic rings. The number of nitrogens with zero attached hydrogens (tertiary/aromatic N) is 5. The number of phenolic OH excluding ortho intramolecular Hbond substituents is 1. The molecule has 0 radical (unpaired) electrons. The highest BCUT2D eigenvalue weighted by Gasteiger charge is 2.08. The zero-order valence-electron chi connectivity index (χ0n) is 17.3. The van der Waals surface area contributed by atoms with Gasteiger partial charge in [-0.05, 0) is 22.4 Å². The predicted molar refractivity (Wildman–Crippen MR) is 125 cm³/mol. The lowest BCUT2D eigenvalue weighted by Crippen LogP contribution is -2.16. The molecule has 3 aromatic carbocycles. The Hall–Kier alpha value is -4.20. The fourth-order valence-corrected chi connectivity index (χ4v) is 3.05. The second kappa shape index (κ2) is 9.08. The molecule has 0 amide bonds. The first-order valence-corrected chi connectivity index (χ1v) is 9.81. The third-order valence-electron chi connectivity index (χ3n) is 4.62. The molecule has 0 unspecified atom stereocenters. The molecule has 4 rings (SSSR count). The molecule has 4 aromatic rings. The van der Waals surface area contributed by atoms with E-state index in [1.54, 1.807) is 17.2 Å². The van der Waals surface area contributed by atoms with Crippen LogP contribution in [-0.4, -0.2) is 40.4 Å². The summed E-state index contributed by atoms with van der Waals surface area (Å²) in [7, 11) is 3.72. The van der Waals surface area contributed by atoms with E-state index in [-0.39, 0.29) is 5.75 Å². The lowest BCUT2D eigenvalue weighted by molar-refractivity contribution is 0.475. The molecular weight excluding hydrogens is 390 g/mol. The number of phenols is 1. The number of nitrogens with one attached hydrogen (secondary N) is 2. The standard InChI is InChI=1S/C23H23N7O/c1-30(2)23-27-21(24-14-16-8-4-3-5-9-16)26-22(28-23)29-25-15-19-18-11-7-6-10-17(18)12-13-20(19)31/h3-13,15,31H,14H2,1-2H3,(H2,24,26,27,28,29)/b25-15+. The van der Waals surface area contributed by atoms with Gasteiger partial charge in [0.05, 0.1) is 6.21 Å². The third-order valence-corrected chi connectivity index (χ3v) is 4.62. The first-order chi connectivity index (χ1) is 15.1. The van der Waals surface area contributed by atoms with Crippen LogP contribution < -0.4 is 15.6 Å². The monoisotopic (exact) mass is 413 g/mol. The largest absolute Gasteiger partial charge is 0.507 e. The number of benzene rings is 3. The summed E-state index contributed by atoms with van der Waals surface area (Å²) in [4.78, 5) is 15.0. The van der Waals surface area contributed by atoms with Crippen molar-refractivity contribution >= 4 is 34.8 Å². The number of aromatic hydroxyl groups is 1. The highest BCUT2D eigenvalue weighted by Crippen LogP contribution is 2.25. The molecule has 1 heterocycles. The van der Waals surface area contributed by atoms with Gasteiger partial charge < -0.3 is 15.3 Å². The van der Waals surface area contributed by atoms with E-state index in [0.717, 1.165) is 16.3 Å². The molecule has 1 aromatic heterocycles. The van der Waals surface area contributed by atoms with Crippen LogP contribution in [0.4, 0.5) is 17.8 Å². The number of fused-ring (bicyclic) bond motifs is 1. The molecule has 156 valence electrons. The average molecular weight is 413 g/mol. The van der Waals surface area contributed by atoms with Gasteiger partial charge in [0.15, 0.2) is 0 Å². The fraction of sp³-hybridized carbons (Fsp3) is 0.130. The zero-order valence-corrected chi connectivity index (χ0v) is 17.3. The van der Waals surface area contributed by atoms with Gasteiger partial charge in [-0.2, -0.15) is 20.1 Å². The van der Waals surface area contributed by atoms with Crippen molar-refractivity contribution in [1.29, 1.82) is 0 Å². The van der Waals surface area contributed by atoms with Crippen molar-refractivity contribution in [2.45, 2.75) is 6.54 Å². The minimum absolute atomic E-state index is 0.152. The van der Waals surface area contributed by atoms with Crippen molar-refractivity contribution in [2.75, 3.05) is 29.7 Å². The highest BCUT2D eigenvalue weighted by atomic mass is 16.3. The van der Waals surface area contributed by atoms with E-state index in [1.165, 1.54) is 0 Å². The van der Waals surface area contributed by atoms with Crippen molar-refractivity contribution in [3.63, 3.8) is 0 Å². The van der Waals surface area contributed by atoms with Gasteiger partial charge in [-0.25, -0.2) is 5.43 Å². The van der Waals surface area contributed by atoms with Gasteiger partial charge in [-0.15, -0.1) is 0 Å². The van der Waals surface area contributed by atoms with E-state index in [4.69, 9.17) is 0 Å². The maximum absolute atomic E-state index is 10.3. The molecule has 0 aliphatic carbocycles. The normalized spacial score (nSPS) is 11.0. The van der Waals surface area contributed by atoms with Gasteiger partial charge in [0.1, 0.15) is 5.75 Å². The predicted octanol–water partition coefficient (Wildman–Crippen LogP) is 3.85. The lowest BCUT2D eigenvalue weighted by atomic mass is 10.0. The van der Waals surface area contributed by atoms with Gasteiger partial charge in [-0.3, -0.25) is 0 Å². The average Bonchev–Trinajstić information content (AvgIpc) is 2.80. The molecule has 0 bridgehead atoms. The van der Waals surface area contributed by atoms with Gasteiger partial charge >= 0.3 is 0 Å². The van der Waals surface area contributed by atoms with Crippen LogP contribution in [0.2, 0.25) is 0 Å². The van der Waals surface area contributed by atoms with Crippen LogP contribution in [0, 0.1) is 0 Å². The molecule has 0 saturated heterocycles. The van der Waals surface area contributed by atoms with E-state index >= 15 is 0 Å². The SMILES string of the molecule is CN(C)c1nc(NCc2ccccc2)nc(N/N=C/c2c(O)ccc3ccccc23)n1. The summed E-state index contributed by atoms with van der Waals surface area (Å²) in [5, 5.41) is 19.7. The Balaban J connectivity index is 1.55. The fourth-order valence-electron chi connectivity index (χ4n) is 3.05. The number of aromatic nitrogens is 3. The van der Waals surface area contributed by atoms with Crippen LogP contribution >= 0.6 is 0 Å². The summed E-state index contributed by atoms with van der Waals surface area (Å²) in [5.41, 5.74) is 4.59. The molecule has 0 atom stereocenters. The summed E-state index contributed by atoms with van der Waals surface area (Å²) in [6.07, 6.45) is 1.56. The molecule has 8 heteroatoms. The van der Waals surface area contributed by atoms with Crippen LogP contribution in [0.15, 0.2) is 71.8 Å². The number of rotatable bonds is 7. The number of hydrogen-bond donors (Lipinski definition) is 3. The van der Waals surface area contributed by atoms with E-state index in [0.29, 0.717) is 30.0 Å². The third kappa shape index (κ3) is 4.87. The first-order valence-electron chi connectivity index (χ1n) is 9.81. The van der Waals surface area contributed by atoms with Crippen LogP contribution in [0.3, 0.4) is 0 Å². The summed E-state index contributed by atoms with van der Waals surface area (Å²) in [6, 6.07) is 21.3. The van der Waals surface area contributed by atoms with Crippen molar-refractivity contribution < 1.29 is 5.11 Å². The van der Waals surface area contributed by atoms with Crippen molar-refractivity contribution in [2.24, 2.45) is 5.10 Å². The van der Waals surface area contributed by atoms with Crippen LogP contribution in [0.25, 0.3) is 10.8 Å². The number of anilines is 3. The van der Waals surface area contributed by atoms with Crippen molar-refractivity contribution in [3.8, 4) is 5.75 Å². The summed E-state index contributed by atoms with van der Waals surface area (Å²) >= 11 is 0.